The second-order valence-electron chi connectivity index (χ2n) is 4.00. The molecular formula is C14H28O2. The molecule has 0 aliphatic rings. The van der Waals surface area contributed by atoms with Crippen LogP contribution < -0.4 is 0 Å². The smallest absolute Gasteiger partial charge is 0.300 e. The van der Waals surface area contributed by atoms with Gasteiger partial charge in [-0.3, -0.25) is 4.79 Å². The van der Waals surface area contributed by atoms with E-state index in [-0.39, 0.29) is 0 Å². The molecule has 0 radical (unpaired) electrons. The van der Waals surface area contributed by atoms with Crippen molar-refractivity contribution >= 4 is 5.97 Å². The highest BCUT2D eigenvalue weighted by Crippen LogP contribution is 2.08. The molecule has 0 bridgehead atoms. The molecule has 1 N–H and O–H groups in total. The average Bonchev–Trinajstić information content (AvgIpc) is 2.21. The maximum Gasteiger partial charge on any atom is 0.300 e. The van der Waals surface area contributed by atoms with E-state index in [0.717, 1.165) is 6.92 Å². The predicted molar refractivity (Wildman–Crippen MR) is 70.7 cm³/mol. The number of rotatable bonds is 8. The predicted octanol–water partition coefficient (Wildman–Crippen LogP) is 4.79. The van der Waals surface area contributed by atoms with Crippen LogP contribution in [0.5, 0.6) is 0 Å². The quantitative estimate of drug-likeness (QED) is 0.479. The van der Waals surface area contributed by atoms with Gasteiger partial charge in [0.1, 0.15) is 0 Å². The van der Waals surface area contributed by atoms with Gasteiger partial charge in [-0.25, -0.2) is 0 Å². The van der Waals surface area contributed by atoms with Crippen LogP contribution in [0.3, 0.4) is 0 Å². The average molecular weight is 228 g/mol. The van der Waals surface area contributed by atoms with Gasteiger partial charge in [-0.1, -0.05) is 57.6 Å². The molecule has 0 spiro atoms. The van der Waals surface area contributed by atoms with Crippen LogP contribution in [-0.2, 0) is 4.79 Å². The van der Waals surface area contributed by atoms with Crippen molar-refractivity contribution in [3.63, 3.8) is 0 Å². The van der Waals surface area contributed by atoms with Crippen LogP contribution in [0.2, 0.25) is 0 Å². The number of hydrogen-bond acceptors (Lipinski definition) is 1. The summed E-state index contributed by atoms with van der Waals surface area (Å²) in [5, 5.41) is 7.42. The molecule has 0 aliphatic carbocycles. The minimum absolute atomic E-state index is 0.833. The molecule has 0 amide bonds. The lowest BCUT2D eigenvalue weighted by atomic mass is 10.1. The Labute approximate surface area is 101 Å². The standard InChI is InChI=1S/C12H24.C2H4O2/c1-3-5-7-9-11-12-10-8-6-4-2;1-2(3)4/h3,5H,4,6-12H2,1-2H3;1H3,(H,3,4)/b5-3-;. The van der Waals surface area contributed by atoms with Gasteiger partial charge in [0, 0.05) is 6.92 Å². The first-order valence-electron chi connectivity index (χ1n) is 6.45. The Morgan fingerprint density at radius 1 is 1.06 bits per heavy atom. The summed E-state index contributed by atoms with van der Waals surface area (Å²) in [4.78, 5) is 9.00. The zero-order chi connectivity index (χ0) is 12.6. The lowest BCUT2D eigenvalue weighted by molar-refractivity contribution is -0.134. The van der Waals surface area contributed by atoms with Gasteiger partial charge in [-0.15, -0.1) is 0 Å². The third kappa shape index (κ3) is 29.2. The van der Waals surface area contributed by atoms with Crippen molar-refractivity contribution in [1.82, 2.24) is 0 Å². The van der Waals surface area contributed by atoms with Gasteiger partial charge < -0.3 is 5.11 Å². The van der Waals surface area contributed by atoms with Crippen LogP contribution in [0.4, 0.5) is 0 Å². The zero-order valence-corrected chi connectivity index (χ0v) is 11.2. The maximum atomic E-state index is 9.00. The van der Waals surface area contributed by atoms with E-state index in [9.17, 15) is 0 Å². The molecule has 96 valence electrons. The summed E-state index contributed by atoms with van der Waals surface area (Å²) < 4.78 is 0. The molecule has 2 heteroatoms. The van der Waals surface area contributed by atoms with Crippen molar-refractivity contribution in [3.8, 4) is 0 Å². The summed E-state index contributed by atoms with van der Waals surface area (Å²) in [6.45, 7) is 5.45. The van der Waals surface area contributed by atoms with E-state index in [0.29, 0.717) is 0 Å². The molecule has 0 rings (SSSR count). The van der Waals surface area contributed by atoms with E-state index in [1.54, 1.807) is 0 Å². The molecule has 0 atom stereocenters. The SMILES string of the molecule is C/C=C\CCCCCCCCC.CC(=O)O. The highest BCUT2D eigenvalue weighted by molar-refractivity contribution is 5.62. The van der Waals surface area contributed by atoms with Gasteiger partial charge in [-0.2, -0.15) is 0 Å². The topological polar surface area (TPSA) is 37.3 Å². The highest BCUT2D eigenvalue weighted by Gasteiger charge is 1.88. The molecule has 0 saturated carbocycles. The summed E-state index contributed by atoms with van der Waals surface area (Å²) in [5.41, 5.74) is 0. The lowest BCUT2D eigenvalue weighted by Crippen LogP contribution is -1.78. The Morgan fingerprint density at radius 2 is 1.50 bits per heavy atom. The van der Waals surface area contributed by atoms with Crippen molar-refractivity contribution in [1.29, 1.82) is 0 Å². The molecule has 0 fully saturated rings. The molecule has 0 aliphatic heterocycles. The maximum absolute atomic E-state index is 9.00. The number of allylic oxidation sites excluding steroid dienone is 2. The van der Waals surface area contributed by atoms with E-state index in [4.69, 9.17) is 9.90 Å². The first-order chi connectivity index (χ1) is 7.65. The second kappa shape index (κ2) is 16.6. The first kappa shape index (κ1) is 17.6. The summed E-state index contributed by atoms with van der Waals surface area (Å²) >= 11 is 0. The Morgan fingerprint density at radius 3 is 1.94 bits per heavy atom. The minimum Gasteiger partial charge on any atom is -0.481 e. The fourth-order valence-electron chi connectivity index (χ4n) is 1.39. The largest absolute Gasteiger partial charge is 0.481 e. The van der Waals surface area contributed by atoms with E-state index < -0.39 is 5.97 Å². The van der Waals surface area contributed by atoms with Gasteiger partial charge in [0.2, 0.25) is 0 Å². The van der Waals surface area contributed by atoms with Crippen molar-refractivity contribution < 1.29 is 9.90 Å². The van der Waals surface area contributed by atoms with Crippen LogP contribution in [0, 0.1) is 0 Å². The van der Waals surface area contributed by atoms with Crippen molar-refractivity contribution in [2.75, 3.05) is 0 Å². The lowest BCUT2D eigenvalue weighted by Gasteiger charge is -1.98. The number of unbranched alkanes of at least 4 members (excludes halogenated alkanes) is 7. The fraction of sp³-hybridized carbons (Fsp3) is 0.786. The number of carboxylic acids is 1. The van der Waals surface area contributed by atoms with Gasteiger partial charge >= 0.3 is 0 Å². The van der Waals surface area contributed by atoms with Gasteiger partial charge in [0.15, 0.2) is 0 Å². The molecule has 0 unspecified atom stereocenters. The van der Waals surface area contributed by atoms with Crippen LogP contribution >= 0.6 is 0 Å². The third-order valence-electron chi connectivity index (χ3n) is 2.21. The van der Waals surface area contributed by atoms with Crippen LogP contribution in [0.25, 0.3) is 0 Å². The number of carbonyl (C=O) groups is 1. The summed E-state index contributed by atoms with van der Waals surface area (Å²) in [5.74, 6) is -0.833. The molecule has 2 nitrogen and oxygen atoms in total. The molecule has 0 saturated heterocycles. The normalized spacial score (nSPS) is 9.94. The van der Waals surface area contributed by atoms with Crippen LogP contribution in [-0.4, -0.2) is 11.1 Å². The molecule has 16 heavy (non-hydrogen) atoms. The molecular weight excluding hydrogens is 200 g/mol. The fourth-order valence-corrected chi connectivity index (χ4v) is 1.39. The van der Waals surface area contributed by atoms with Crippen molar-refractivity contribution in [3.05, 3.63) is 12.2 Å². The van der Waals surface area contributed by atoms with Crippen LogP contribution in [0.1, 0.15) is 72.1 Å². The third-order valence-corrected chi connectivity index (χ3v) is 2.21. The van der Waals surface area contributed by atoms with E-state index in [1.165, 1.54) is 51.4 Å². The van der Waals surface area contributed by atoms with Crippen LogP contribution in [0.15, 0.2) is 12.2 Å². The monoisotopic (exact) mass is 228 g/mol. The molecule has 0 aromatic rings. The molecule has 0 aromatic carbocycles. The van der Waals surface area contributed by atoms with E-state index in [2.05, 4.69) is 26.0 Å². The Bertz CT molecular complexity index is 158. The van der Waals surface area contributed by atoms with E-state index in [1.807, 2.05) is 0 Å². The van der Waals surface area contributed by atoms with Crippen molar-refractivity contribution in [2.45, 2.75) is 72.1 Å². The highest BCUT2D eigenvalue weighted by atomic mass is 16.4. The van der Waals surface area contributed by atoms with Gasteiger partial charge in [-0.05, 0) is 19.8 Å². The number of aliphatic carboxylic acids is 1. The number of hydrogen-bond donors (Lipinski definition) is 1. The van der Waals surface area contributed by atoms with Gasteiger partial charge in [0.25, 0.3) is 5.97 Å². The zero-order valence-electron chi connectivity index (χ0n) is 11.2. The second-order valence-corrected chi connectivity index (χ2v) is 4.00. The van der Waals surface area contributed by atoms with Gasteiger partial charge in [0.05, 0.1) is 0 Å². The Hall–Kier alpha value is -0.790. The molecule has 0 aromatic heterocycles. The Kier molecular flexibility index (Phi) is 18.3. The first-order valence-corrected chi connectivity index (χ1v) is 6.45. The van der Waals surface area contributed by atoms with Crippen molar-refractivity contribution in [2.24, 2.45) is 0 Å². The van der Waals surface area contributed by atoms with E-state index >= 15 is 0 Å². The minimum atomic E-state index is -0.833. The summed E-state index contributed by atoms with van der Waals surface area (Å²) in [6.07, 6.45) is 15.6. The Balaban J connectivity index is 0. The molecule has 0 heterocycles. The summed E-state index contributed by atoms with van der Waals surface area (Å²) in [6, 6.07) is 0. The summed E-state index contributed by atoms with van der Waals surface area (Å²) in [7, 11) is 0. The number of carboxylic acid groups (broad SMARTS) is 1.